The molecule has 0 unspecified atom stereocenters. The lowest BCUT2D eigenvalue weighted by Crippen LogP contribution is -2.37. The maximum absolute atomic E-state index is 12.1. The fraction of sp³-hybridized carbons (Fsp3) is 0.615. The molecule has 1 N–H and O–H groups in total. The van der Waals surface area contributed by atoms with Gasteiger partial charge in [0.2, 0.25) is 10.0 Å². The number of halogens is 1. The molecule has 5 nitrogen and oxygen atoms in total. The second-order valence-corrected chi connectivity index (χ2v) is 7.20. The van der Waals surface area contributed by atoms with Crippen molar-refractivity contribution in [3.8, 4) is 0 Å². The van der Waals surface area contributed by atoms with Crippen LogP contribution in [0.4, 0.5) is 0 Å². The highest BCUT2D eigenvalue weighted by atomic mass is 35.5. The van der Waals surface area contributed by atoms with Gasteiger partial charge in [-0.2, -0.15) is 0 Å². The van der Waals surface area contributed by atoms with Gasteiger partial charge < -0.3 is 4.90 Å². The van der Waals surface area contributed by atoms with Crippen molar-refractivity contribution >= 4 is 21.6 Å². The van der Waals surface area contributed by atoms with Gasteiger partial charge in [-0.3, -0.25) is 0 Å². The summed E-state index contributed by atoms with van der Waals surface area (Å²) in [5.41, 5.74) is 0. The molecular formula is C13H20ClN3O2S. The van der Waals surface area contributed by atoms with Crippen LogP contribution in [0.5, 0.6) is 0 Å². The van der Waals surface area contributed by atoms with Crippen molar-refractivity contribution in [2.45, 2.75) is 36.6 Å². The van der Waals surface area contributed by atoms with Crippen LogP contribution in [0, 0.1) is 0 Å². The first-order valence-electron chi connectivity index (χ1n) is 6.81. The molecule has 1 aromatic heterocycles. The van der Waals surface area contributed by atoms with E-state index in [4.69, 9.17) is 11.6 Å². The first-order valence-corrected chi connectivity index (χ1v) is 8.67. The average Bonchev–Trinajstić information content (AvgIpc) is 2.92. The van der Waals surface area contributed by atoms with Gasteiger partial charge in [0, 0.05) is 25.3 Å². The number of nitrogens with zero attached hydrogens (tertiary/aromatic N) is 2. The van der Waals surface area contributed by atoms with Crippen LogP contribution >= 0.6 is 11.6 Å². The van der Waals surface area contributed by atoms with E-state index in [2.05, 4.69) is 14.6 Å². The van der Waals surface area contributed by atoms with E-state index in [0.29, 0.717) is 19.1 Å². The maximum Gasteiger partial charge on any atom is 0.243 e. The van der Waals surface area contributed by atoms with E-state index in [1.54, 1.807) is 6.07 Å². The molecule has 1 aromatic rings. The largest absolute Gasteiger partial charge is 0.302 e. The van der Waals surface area contributed by atoms with E-state index in [9.17, 15) is 8.42 Å². The van der Waals surface area contributed by atoms with Gasteiger partial charge in [-0.1, -0.05) is 24.4 Å². The number of rotatable bonds is 6. The van der Waals surface area contributed by atoms with Crippen molar-refractivity contribution < 1.29 is 8.42 Å². The Bertz CT molecular complexity index is 544. The first-order chi connectivity index (χ1) is 9.50. The molecular weight excluding hydrogens is 298 g/mol. The van der Waals surface area contributed by atoms with Crippen LogP contribution in [0.1, 0.15) is 25.7 Å². The van der Waals surface area contributed by atoms with E-state index >= 15 is 0 Å². The molecule has 0 aliphatic heterocycles. The highest BCUT2D eigenvalue weighted by Crippen LogP contribution is 2.22. The molecule has 112 valence electrons. The van der Waals surface area contributed by atoms with Crippen LogP contribution in [0.15, 0.2) is 23.2 Å². The summed E-state index contributed by atoms with van der Waals surface area (Å²) in [6.45, 7) is 1.07. The number of pyridine rings is 1. The van der Waals surface area contributed by atoms with Crippen LogP contribution < -0.4 is 4.72 Å². The third-order valence-corrected chi connectivity index (χ3v) is 5.62. The van der Waals surface area contributed by atoms with Gasteiger partial charge in [0.05, 0.1) is 0 Å². The van der Waals surface area contributed by atoms with Gasteiger partial charge in [0.1, 0.15) is 10.0 Å². The molecule has 1 aliphatic carbocycles. The lowest BCUT2D eigenvalue weighted by Gasteiger charge is -2.23. The first kappa shape index (κ1) is 15.7. The van der Waals surface area contributed by atoms with Gasteiger partial charge in [0.15, 0.2) is 0 Å². The summed E-state index contributed by atoms with van der Waals surface area (Å²) in [4.78, 5) is 6.04. The van der Waals surface area contributed by atoms with Gasteiger partial charge in [-0.05, 0) is 32.0 Å². The molecule has 0 radical (unpaired) electrons. The Morgan fingerprint density at radius 2 is 2.15 bits per heavy atom. The number of likely N-dealkylation sites (N-methyl/N-ethyl adjacent to an activating group) is 1. The van der Waals surface area contributed by atoms with Gasteiger partial charge in [-0.15, -0.1) is 0 Å². The van der Waals surface area contributed by atoms with E-state index in [1.807, 2.05) is 7.05 Å². The highest BCUT2D eigenvalue weighted by Gasteiger charge is 2.21. The minimum Gasteiger partial charge on any atom is -0.302 e. The van der Waals surface area contributed by atoms with Crippen molar-refractivity contribution in [3.63, 3.8) is 0 Å². The SMILES string of the molecule is CN(CCNS(=O)(=O)c1cccnc1Cl)C1CCCC1. The predicted octanol–water partition coefficient (Wildman–Crippen LogP) is 1.89. The second-order valence-electron chi connectivity index (χ2n) is 5.11. The second kappa shape index (κ2) is 6.85. The zero-order valence-corrected chi connectivity index (χ0v) is 13.1. The minimum absolute atomic E-state index is 0.00384. The van der Waals surface area contributed by atoms with Crippen LogP contribution in [0.25, 0.3) is 0 Å². The number of hydrogen-bond acceptors (Lipinski definition) is 4. The third-order valence-electron chi connectivity index (χ3n) is 3.72. The predicted molar refractivity (Wildman–Crippen MR) is 79.3 cm³/mol. The van der Waals surface area contributed by atoms with Crippen LogP contribution in [-0.4, -0.2) is 44.5 Å². The summed E-state index contributed by atoms with van der Waals surface area (Å²) >= 11 is 5.81. The lowest BCUT2D eigenvalue weighted by atomic mass is 10.2. The Hall–Kier alpha value is -0.690. The molecule has 0 atom stereocenters. The van der Waals surface area contributed by atoms with Crippen molar-refractivity contribution in [2.75, 3.05) is 20.1 Å². The van der Waals surface area contributed by atoms with E-state index in [1.165, 1.54) is 37.9 Å². The molecule has 1 fully saturated rings. The normalized spacial score (nSPS) is 16.9. The van der Waals surface area contributed by atoms with E-state index in [0.717, 1.165) is 0 Å². The molecule has 0 spiro atoms. The van der Waals surface area contributed by atoms with Gasteiger partial charge in [-0.25, -0.2) is 18.1 Å². The summed E-state index contributed by atoms with van der Waals surface area (Å²) in [6.07, 6.45) is 6.42. The Balaban J connectivity index is 1.88. The van der Waals surface area contributed by atoms with E-state index in [-0.39, 0.29) is 10.0 Å². The Morgan fingerprint density at radius 1 is 1.45 bits per heavy atom. The van der Waals surface area contributed by atoms with Crippen molar-refractivity contribution in [3.05, 3.63) is 23.5 Å². The quantitative estimate of drug-likeness (QED) is 0.814. The summed E-state index contributed by atoms with van der Waals surface area (Å²) in [7, 11) is -1.54. The zero-order chi connectivity index (χ0) is 14.6. The number of sulfonamides is 1. The number of nitrogens with one attached hydrogen (secondary N) is 1. The summed E-state index contributed by atoms with van der Waals surface area (Å²) in [6, 6.07) is 3.60. The van der Waals surface area contributed by atoms with Crippen molar-refractivity contribution in [1.82, 2.24) is 14.6 Å². The Morgan fingerprint density at radius 3 is 2.80 bits per heavy atom. The van der Waals surface area contributed by atoms with Crippen LogP contribution in [0.3, 0.4) is 0 Å². The molecule has 20 heavy (non-hydrogen) atoms. The lowest BCUT2D eigenvalue weighted by molar-refractivity contribution is 0.250. The standard InChI is InChI=1S/C13H20ClN3O2S/c1-17(11-5-2-3-6-11)10-9-16-20(18,19)12-7-4-8-15-13(12)14/h4,7-8,11,16H,2-3,5-6,9-10H2,1H3. The molecule has 7 heteroatoms. The van der Waals surface area contributed by atoms with Crippen molar-refractivity contribution in [1.29, 1.82) is 0 Å². The smallest absolute Gasteiger partial charge is 0.243 e. The highest BCUT2D eigenvalue weighted by molar-refractivity contribution is 7.89. The molecule has 0 aromatic carbocycles. The average molecular weight is 318 g/mol. The van der Waals surface area contributed by atoms with Crippen molar-refractivity contribution in [2.24, 2.45) is 0 Å². The summed E-state index contributed by atoms with van der Waals surface area (Å²) in [5, 5.41) is 0.00384. The van der Waals surface area contributed by atoms with E-state index < -0.39 is 10.0 Å². The fourth-order valence-corrected chi connectivity index (χ4v) is 4.01. The molecule has 0 amide bonds. The monoisotopic (exact) mass is 317 g/mol. The molecule has 1 aliphatic rings. The third kappa shape index (κ3) is 3.91. The van der Waals surface area contributed by atoms with Crippen LogP contribution in [0.2, 0.25) is 5.15 Å². The minimum atomic E-state index is -3.58. The summed E-state index contributed by atoms with van der Waals surface area (Å²) < 4.78 is 26.8. The fourth-order valence-electron chi connectivity index (χ4n) is 2.53. The molecule has 0 bridgehead atoms. The molecule has 1 saturated carbocycles. The number of hydrogen-bond donors (Lipinski definition) is 1. The Labute approximate surface area is 125 Å². The Kier molecular flexibility index (Phi) is 5.37. The number of aromatic nitrogens is 1. The summed E-state index contributed by atoms with van der Waals surface area (Å²) in [5.74, 6) is 0. The molecule has 2 rings (SSSR count). The maximum atomic E-state index is 12.1. The molecule has 1 heterocycles. The van der Waals surface area contributed by atoms with Crippen LogP contribution in [-0.2, 0) is 10.0 Å². The van der Waals surface area contributed by atoms with Gasteiger partial charge in [0.25, 0.3) is 0 Å². The zero-order valence-electron chi connectivity index (χ0n) is 11.5. The topological polar surface area (TPSA) is 62.3 Å². The van der Waals surface area contributed by atoms with Gasteiger partial charge >= 0.3 is 0 Å². The molecule has 0 saturated heterocycles.